The van der Waals surface area contributed by atoms with Gasteiger partial charge < -0.3 is 18.9 Å². The molecule has 0 radical (unpaired) electrons. The van der Waals surface area contributed by atoms with Crippen LogP contribution < -0.4 is 4.74 Å². The van der Waals surface area contributed by atoms with E-state index in [0.717, 1.165) is 38.8 Å². The zero-order chi connectivity index (χ0) is 19.8. The standard InChI is InChI=1S/C21H30FNO5/c1-25-21(16-5-3-2-4-6-16)28-19-15-17(7-8-18(19)22)20(24)27-14-11-23-9-12-26-13-10-23/h7-8,15-16,21H,2-6,9-14H2,1H3. The third kappa shape index (κ3) is 5.90. The summed E-state index contributed by atoms with van der Waals surface area (Å²) in [5, 5.41) is 0. The van der Waals surface area contributed by atoms with Crippen LogP contribution in [0.3, 0.4) is 0 Å². The van der Waals surface area contributed by atoms with E-state index < -0.39 is 18.1 Å². The third-order valence-electron chi connectivity index (χ3n) is 5.42. The van der Waals surface area contributed by atoms with Crippen LogP contribution in [0, 0.1) is 11.7 Å². The molecule has 1 atom stereocenters. The second-order valence-electron chi connectivity index (χ2n) is 7.36. The lowest BCUT2D eigenvalue weighted by Gasteiger charge is -2.29. The van der Waals surface area contributed by atoms with Gasteiger partial charge in [0.1, 0.15) is 6.61 Å². The zero-order valence-corrected chi connectivity index (χ0v) is 16.5. The quantitative estimate of drug-likeness (QED) is 0.498. The number of morpholine rings is 1. The maximum absolute atomic E-state index is 14.2. The van der Waals surface area contributed by atoms with E-state index in [-0.39, 0.29) is 23.8 Å². The summed E-state index contributed by atoms with van der Waals surface area (Å²) < 4.78 is 36.1. The topological polar surface area (TPSA) is 57.2 Å². The Hall–Kier alpha value is -1.70. The molecule has 7 heteroatoms. The molecule has 0 spiro atoms. The van der Waals surface area contributed by atoms with Gasteiger partial charge in [-0.2, -0.15) is 0 Å². The summed E-state index contributed by atoms with van der Waals surface area (Å²) in [6, 6.07) is 4.06. The van der Waals surface area contributed by atoms with Gasteiger partial charge in [-0.05, 0) is 31.0 Å². The number of hydrogen-bond donors (Lipinski definition) is 0. The smallest absolute Gasteiger partial charge is 0.338 e. The summed E-state index contributed by atoms with van der Waals surface area (Å²) in [5.74, 6) is -0.727. The van der Waals surface area contributed by atoms with Crippen molar-refractivity contribution in [1.82, 2.24) is 4.90 Å². The van der Waals surface area contributed by atoms with E-state index in [1.54, 1.807) is 7.11 Å². The molecular formula is C21H30FNO5. The Kier molecular flexibility index (Phi) is 8.06. The predicted molar refractivity (Wildman–Crippen MR) is 102 cm³/mol. The molecule has 2 fully saturated rings. The summed E-state index contributed by atoms with van der Waals surface area (Å²) in [6.45, 7) is 4.03. The second-order valence-corrected chi connectivity index (χ2v) is 7.36. The van der Waals surface area contributed by atoms with Crippen molar-refractivity contribution in [3.63, 3.8) is 0 Å². The van der Waals surface area contributed by atoms with Gasteiger partial charge in [0, 0.05) is 32.7 Å². The van der Waals surface area contributed by atoms with Crippen molar-refractivity contribution < 1.29 is 28.1 Å². The number of rotatable bonds is 8. The molecular weight excluding hydrogens is 365 g/mol. The van der Waals surface area contributed by atoms with Crippen LogP contribution in [0.5, 0.6) is 5.75 Å². The first-order valence-electron chi connectivity index (χ1n) is 10.1. The highest BCUT2D eigenvalue weighted by Gasteiger charge is 2.26. The first-order chi connectivity index (χ1) is 13.7. The van der Waals surface area contributed by atoms with Crippen LogP contribution in [-0.4, -0.2) is 63.7 Å². The van der Waals surface area contributed by atoms with Gasteiger partial charge in [0.15, 0.2) is 11.6 Å². The van der Waals surface area contributed by atoms with E-state index in [1.807, 2.05) is 0 Å². The Morgan fingerprint density at radius 2 is 2.00 bits per heavy atom. The number of benzene rings is 1. The second kappa shape index (κ2) is 10.7. The van der Waals surface area contributed by atoms with E-state index in [0.29, 0.717) is 19.8 Å². The van der Waals surface area contributed by atoms with Gasteiger partial charge in [-0.3, -0.25) is 4.90 Å². The summed E-state index contributed by atoms with van der Waals surface area (Å²) in [6.07, 6.45) is 4.97. The van der Waals surface area contributed by atoms with Crippen LogP contribution in [-0.2, 0) is 14.2 Å². The molecule has 0 bridgehead atoms. The Morgan fingerprint density at radius 1 is 1.25 bits per heavy atom. The molecule has 28 heavy (non-hydrogen) atoms. The summed E-state index contributed by atoms with van der Waals surface area (Å²) in [5.41, 5.74) is 0.275. The van der Waals surface area contributed by atoms with E-state index in [2.05, 4.69) is 4.90 Å². The molecule has 1 saturated carbocycles. The number of hydrogen-bond acceptors (Lipinski definition) is 6. The SMILES string of the molecule is COC(Oc1cc(C(=O)OCCN2CCOCC2)ccc1F)C1CCCCC1. The molecule has 1 aliphatic heterocycles. The molecule has 2 aliphatic rings. The highest BCUT2D eigenvalue weighted by molar-refractivity contribution is 5.89. The lowest BCUT2D eigenvalue weighted by molar-refractivity contribution is -0.102. The number of carbonyl (C=O) groups excluding carboxylic acids is 1. The Labute approximate surface area is 165 Å². The monoisotopic (exact) mass is 395 g/mol. The van der Waals surface area contributed by atoms with Crippen molar-refractivity contribution in [2.45, 2.75) is 38.4 Å². The van der Waals surface area contributed by atoms with Crippen molar-refractivity contribution in [3.8, 4) is 5.75 Å². The van der Waals surface area contributed by atoms with Gasteiger partial charge in [-0.1, -0.05) is 19.3 Å². The zero-order valence-electron chi connectivity index (χ0n) is 16.5. The minimum Gasteiger partial charge on any atom is -0.462 e. The molecule has 1 aromatic rings. The number of halogens is 1. The fraction of sp³-hybridized carbons (Fsp3) is 0.667. The highest BCUT2D eigenvalue weighted by Crippen LogP contribution is 2.30. The van der Waals surface area contributed by atoms with Gasteiger partial charge in [0.05, 0.1) is 18.8 Å². The molecule has 1 saturated heterocycles. The van der Waals surface area contributed by atoms with Crippen LogP contribution in [0.1, 0.15) is 42.5 Å². The highest BCUT2D eigenvalue weighted by atomic mass is 19.1. The van der Waals surface area contributed by atoms with Crippen molar-refractivity contribution in [2.24, 2.45) is 5.92 Å². The molecule has 0 aromatic heterocycles. The number of methoxy groups -OCH3 is 1. The molecule has 1 heterocycles. The Bertz CT molecular complexity index is 629. The van der Waals surface area contributed by atoms with Gasteiger partial charge in [-0.25, -0.2) is 9.18 Å². The normalized spacial score (nSPS) is 19.9. The van der Waals surface area contributed by atoms with E-state index in [1.165, 1.54) is 24.6 Å². The van der Waals surface area contributed by atoms with E-state index in [9.17, 15) is 9.18 Å². The number of nitrogens with zero attached hydrogens (tertiary/aromatic N) is 1. The average molecular weight is 395 g/mol. The number of carbonyl (C=O) groups is 1. The van der Waals surface area contributed by atoms with Gasteiger partial charge in [0.25, 0.3) is 0 Å². The van der Waals surface area contributed by atoms with Crippen molar-refractivity contribution in [2.75, 3.05) is 46.6 Å². The van der Waals surface area contributed by atoms with Crippen molar-refractivity contribution in [3.05, 3.63) is 29.6 Å². The van der Waals surface area contributed by atoms with E-state index in [4.69, 9.17) is 18.9 Å². The molecule has 1 aromatic carbocycles. The molecule has 1 aliphatic carbocycles. The average Bonchev–Trinajstić information content (AvgIpc) is 2.74. The first kappa shape index (κ1) is 21.0. The Morgan fingerprint density at radius 3 is 2.71 bits per heavy atom. The first-order valence-corrected chi connectivity index (χ1v) is 10.1. The van der Waals surface area contributed by atoms with Gasteiger partial charge in [0.2, 0.25) is 6.29 Å². The minimum absolute atomic E-state index is 0.0278. The van der Waals surface area contributed by atoms with Crippen LogP contribution >= 0.6 is 0 Å². The minimum atomic E-state index is -0.512. The van der Waals surface area contributed by atoms with Crippen molar-refractivity contribution in [1.29, 1.82) is 0 Å². The molecule has 0 N–H and O–H groups in total. The fourth-order valence-corrected chi connectivity index (χ4v) is 3.76. The molecule has 3 rings (SSSR count). The fourth-order valence-electron chi connectivity index (χ4n) is 3.76. The van der Waals surface area contributed by atoms with Gasteiger partial charge >= 0.3 is 5.97 Å². The molecule has 156 valence electrons. The van der Waals surface area contributed by atoms with E-state index >= 15 is 0 Å². The number of ether oxygens (including phenoxy) is 4. The van der Waals surface area contributed by atoms with Crippen LogP contribution in [0.15, 0.2) is 18.2 Å². The van der Waals surface area contributed by atoms with Crippen molar-refractivity contribution >= 4 is 5.97 Å². The van der Waals surface area contributed by atoms with Gasteiger partial charge in [-0.15, -0.1) is 0 Å². The lowest BCUT2D eigenvalue weighted by atomic mass is 9.89. The number of esters is 1. The molecule has 0 amide bonds. The maximum atomic E-state index is 14.2. The van der Waals surface area contributed by atoms with Crippen LogP contribution in [0.2, 0.25) is 0 Å². The Balaban J connectivity index is 1.55. The summed E-state index contributed by atoms with van der Waals surface area (Å²) in [4.78, 5) is 14.5. The summed E-state index contributed by atoms with van der Waals surface area (Å²) in [7, 11) is 1.57. The lowest BCUT2D eigenvalue weighted by Crippen LogP contribution is -2.38. The molecule has 6 nitrogen and oxygen atoms in total. The third-order valence-corrected chi connectivity index (χ3v) is 5.42. The maximum Gasteiger partial charge on any atom is 0.338 e. The van der Waals surface area contributed by atoms with Crippen LogP contribution in [0.25, 0.3) is 0 Å². The predicted octanol–water partition coefficient (Wildman–Crippen LogP) is 3.25. The largest absolute Gasteiger partial charge is 0.462 e. The molecule has 1 unspecified atom stereocenters. The summed E-state index contributed by atoms with van der Waals surface area (Å²) >= 11 is 0. The van der Waals surface area contributed by atoms with Crippen LogP contribution in [0.4, 0.5) is 4.39 Å².